The fourth-order valence-electron chi connectivity index (χ4n) is 3.44. The molecule has 1 aliphatic rings. The zero-order valence-electron chi connectivity index (χ0n) is 12.7. The summed E-state index contributed by atoms with van der Waals surface area (Å²) in [5, 5.41) is 9.19. The predicted octanol–water partition coefficient (Wildman–Crippen LogP) is 4.73. The number of aliphatic carboxylic acids is 1. The lowest BCUT2D eigenvalue weighted by atomic mass is 9.77. The summed E-state index contributed by atoms with van der Waals surface area (Å²) in [6.45, 7) is 2.04. The Morgan fingerprint density at radius 1 is 1.38 bits per heavy atom. The topological polar surface area (TPSA) is 46.5 Å². The number of aryl methyl sites for hydroxylation is 2. The van der Waals surface area contributed by atoms with E-state index in [0.717, 1.165) is 59.9 Å². The van der Waals surface area contributed by atoms with Crippen LogP contribution in [-0.4, -0.2) is 18.2 Å². The van der Waals surface area contributed by atoms with Crippen molar-refractivity contribution in [2.45, 2.75) is 51.9 Å². The fraction of sp³-hybridized carbons (Fsp3) is 0.588. The third-order valence-corrected chi connectivity index (χ3v) is 5.53. The van der Waals surface area contributed by atoms with Gasteiger partial charge < -0.3 is 9.84 Å². The summed E-state index contributed by atoms with van der Waals surface area (Å²) >= 11 is 3.57. The molecule has 1 saturated carbocycles. The number of benzene rings is 1. The van der Waals surface area contributed by atoms with E-state index in [1.54, 1.807) is 7.11 Å². The molecule has 2 rings (SSSR count). The van der Waals surface area contributed by atoms with Crippen molar-refractivity contribution in [3.8, 4) is 5.75 Å². The summed E-state index contributed by atoms with van der Waals surface area (Å²) in [5.41, 5.74) is 2.29. The molecule has 0 bridgehead atoms. The second-order valence-corrected chi connectivity index (χ2v) is 7.05. The first kappa shape index (κ1) is 16.3. The van der Waals surface area contributed by atoms with E-state index in [0.29, 0.717) is 6.42 Å². The summed E-state index contributed by atoms with van der Waals surface area (Å²) in [4.78, 5) is 11.2. The van der Waals surface area contributed by atoms with Crippen molar-refractivity contribution >= 4 is 21.9 Å². The molecule has 1 aromatic carbocycles. The second kappa shape index (κ2) is 6.82. The van der Waals surface area contributed by atoms with Crippen molar-refractivity contribution in [3.63, 3.8) is 0 Å². The maximum absolute atomic E-state index is 11.2. The zero-order valence-corrected chi connectivity index (χ0v) is 14.3. The Morgan fingerprint density at radius 2 is 2.05 bits per heavy atom. The van der Waals surface area contributed by atoms with Gasteiger partial charge in [0.1, 0.15) is 5.75 Å². The average molecular weight is 355 g/mol. The molecule has 0 heterocycles. The molecule has 0 amide bonds. The number of rotatable bonds is 6. The lowest BCUT2D eigenvalue weighted by molar-refractivity contribution is -0.139. The number of carboxylic acids is 1. The SMILES string of the molecule is COc1cc(C)c(Br)cc1CCC1(CC(=O)O)CCCC1. The van der Waals surface area contributed by atoms with Crippen LogP contribution in [0.25, 0.3) is 0 Å². The molecule has 21 heavy (non-hydrogen) atoms. The smallest absolute Gasteiger partial charge is 0.303 e. The average Bonchev–Trinajstić information content (AvgIpc) is 2.87. The largest absolute Gasteiger partial charge is 0.496 e. The van der Waals surface area contributed by atoms with Gasteiger partial charge in [0.25, 0.3) is 0 Å². The standard InChI is InChI=1S/C17H23BrO3/c1-12-9-15(21-2)13(10-14(12)18)5-8-17(11-16(19)20)6-3-4-7-17/h9-10H,3-8,11H2,1-2H3,(H,19,20). The number of halogens is 1. The third kappa shape index (κ3) is 4.00. The Hall–Kier alpha value is -1.03. The molecular formula is C17H23BrO3. The van der Waals surface area contributed by atoms with Gasteiger partial charge in [-0.25, -0.2) is 0 Å². The van der Waals surface area contributed by atoms with Gasteiger partial charge in [-0.15, -0.1) is 0 Å². The number of carboxylic acid groups (broad SMARTS) is 1. The number of ether oxygens (including phenoxy) is 1. The third-order valence-electron chi connectivity index (χ3n) is 4.68. The first-order valence-electron chi connectivity index (χ1n) is 7.51. The number of methoxy groups -OCH3 is 1. The Morgan fingerprint density at radius 3 is 2.62 bits per heavy atom. The molecule has 0 aromatic heterocycles. The molecule has 1 aliphatic carbocycles. The van der Waals surface area contributed by atoms with Crippen molar-refractivity contribution in [1.29, 1.82) is 0 Å². The molecule has 1 aromatic rings. The van der Waals surface area contributed by atoms with Crippen LogP contribution in [0.5, 0.6) is 5.75 Å². The molecular weight excluding hydrogens is 332 g/mol. The van der Waals surface area contributed by atoms with E-state index < -0.39 is 5.97 Å². The molecule has 1 fully saturated rings. The monoisotopic (exact) mass is 354 g/mol. The Labute approximate surface area is 134 Å². The minimum atomic E-state index is -0.672. The van der Waals surface area contributed by atoms with Crippen LogP contribution in [0.4, 0.5) is 0 Å². The van der Waals surface area contributed by atoms with Crippen LogP contribution < -0.4 is 4.74 Å². The van der Waals surface area contributed by atoms with E-state index >= 15 is 0 Å². The van der Waals surface area contributed by atoms with Gasteiger partial charge in [-0.3, -0.25) is 4.79 Å². The Kier molecular flexibility index (Phi) is 5.31. The number of hydrogen-bond acceptors (Lipinski definition) is 2. The van der Waals surface area contributed by atoms with Gasteiger partial charge in [0.05, 0.1) is 13.5 Å². The summed E-state index contributed by atoms with van der Waals surface area (Å²) in [6, 6.07) is 4.15. The number of hydrogen-bond donors (Lipinski definition) is 1. The van der Waals surface area contributed by atoms with Crippen LogP contribution >= 0.6 is 15.9 Å². The van der Waals surface area contributed by atoms with Gasteiger partial charge >= 0.3 is 5.97 Å². The first-order chi connectivity index (χ1) is 9.96. The van der Waals surface area contributed by atoms with E-state index in [1.807, 2.05) is 13.0 Å². The highest BCUT2D eigenvalue weighted by Crippen LogP contribution is 2.45. The van der Waals surface area contributed by atoms with Crippen LogP contribution in [0.3, 0.4) is 0 Å². The number of carbonyl (C=O) groups is 1. The lowest BCUT2D eigenvalue weighted by Crippen LogP contribution is -2.22. The van der Waals surface area contributed by atoms with E-state index in [2.05, 4.69) is 22.0 Å². The van der Waals surface area contributed by atoms with Crippen LogP contribution in [0, 0.1) is 12.3 Å². The van der Waals surface area contributed by atoms with Gasteiger partial charge in [0, 0.05) is 4.47 Å². The fourth-order valence-corrected chi connectivity index (χ4v) is 3.83. The molecule has 3 nitrogen and oxygen atoms in total. The molecule has 0 unspecified atom stereocenters. The van der Waals surface area contributed by atoms with Crippen molar-refractivity contribution < 1.29 is 14.6 Å². The lowest BCUT2D eigenvalue weighted by Gasteiger charge is -2.27. The summed E-state index contributed by atoms with van der Waals surface area (Å²) < 4.78 is 6.55. The van der Waals surface area contributed by atoms with Crippen LogP contribution in [0.1, 0.15) is 49.7 Å². The molecule has 0 radical (unpaired) electrons. The first-order valence-corrected chi connectivity index (χ1v) is 8.30. The Balaban J connectivity index is 2.14. The minimum absolute atomic E-state index is 0.0196. The highest BCUT2D eigenvalue weighted by atomic mass is 79.9. The highest BCUT2D eigenvalue weighted by Gasteiger charge is 2.35. The maximum Gasteiger partial charge on any atom is 0.303 e. The van der Waals surface area contributed by atoms with Crippen molar-refractivity contribution in [1.82, 2.24) is 0 Å². The minimum Gasteiger partial charge on any atom is -0.496 e. The van der Waals surface area contributed by atoms with E-state index in [-0.39, 0.29) is 5.41 Å². The van der Waals surface area contributed by atoms with Crippen molar-refractivity contribution in [2.75, 3.05) is 7.11 Å². The molecule has 0 atom stereocenters. The van der Waals surface area contributed by atoms with Crippen molar-refractivity contribution in [2.24, 2.45) is 5.41 Å². The van der Waals surface area contributed by atoms with Gasteiger partial charge in [-0.1, -0.05) is 28.8 Å². The summed E-state index contributed by atoms with van der Waals surface area (Å²) in [6.07, 6.45) is 6.47. The molecule has 0 spiro atoms. The van der Waals surface area contributed by atoms with Gasteiger partial charge in [-0.05, 0) is 61.3 Å². The van der Waals surface area contributed by atoms with Gasteiger partial charge in [0.15, 0.2) is 0 Å². The predicted molar refractivity (Wildman–Crippen MR) is 86.9 cm³/mol. The molecule has 0 aliphatic heterocycles. The maximum atomic E-state index is 11.2. The van der Waals surface area contributed by atoms with E-state index in [4.69, 9.17) is 4.74 Å². The van der Waals surface area contributed by atoms with Gasteiger partial charge in [-0.2, -0.15) is 0 Å². The van der Waals surface area contributed by atoms with E-state index in [1.165, 1.54) is 0 Å². The second-order valence-electron chi connectivity index (χ2n) is 6.19. The highest BCUT2D eigenvalue weighted by molar-refractivity contribution is 9.10. The molecule has 4 heteroatoms. The normalized spacial score (nSPS) is 16.9. The van der Waals surface area contributed by atoms with Crippen molar-refractivity contribution in [3.05, 3.63) is 27.7 Å². The van der Waals surface area contributed by atoms with Crippen LogP contribution in [0.2, 0.25) is 0 Å². The van der Waals surface area contributed by atoms with Crippen LogP contribution in [-0.2, 0) is 11.2 Å². The molecule has 1 N–H and O–H groups in total. The molecule has 116 valence electrons. The zero-order chi connectivity index (χ0) is 15.5. The summed E-state index contributed by atoms with van der Waals surface area (Å²) in [7, 11) is 1.69. The van der Waals surface area contributed by atoms with Crippen LogP contribution in [0.15, 0.2) is 16.6 Å². The summed E-state index contributed by atoms with van der Waals surface area (Å²) in [5.74, 6) is 0.230. The van der Waals surface area contributed by atoms with Gasteiger partial charge in [0.2, 0.25) is 0 Å². The Bertz CT molecular complexity index is 519. The van der Waals surface area contributed by atoms with E-state index in [9.17, 15) is 9.90 Å². The quantitative estimate of drug-likeness (QED) is 0.802. The molecule has 0 saturated heterocycles.